The summed E-state index contributed by atoms with van der Waals surface area (Å²) >= 11 is 0. The zero-order valence-electron chi connectivity index (χ0n) is 13.3. The highest BCUT2D eigenvalue weighted by Crippen LogP contribution is 2.14. The first-order valence-electron chi connectivity index (χ1n) is 7.53. The number of hydrogen-bond donors (Lipinski definition) is 1. The summed E-state index contributed by atoms with van der Waals surface area (Å²) in [6.07, 6.45) is 3.51. The van der Waals surface area contributed by atoms with Gasteiger partial charge in [0.15, 0.2) is 5.69 Å². The molecule has 120 valence electrons. The van der Waals surface area contributed by atoms with E-state index in [0.29, 0.717) is 18.1 Å². The van der Waals surface area contributed by atoms with E-state index < -0.39 is 0 Å². The summed E-state index contributed by atoms with van der Waals surface area (Å²) in [7, 11) is 1.72. The molecule has 0 spiro atoms. The van der Waals surface area contributed by atoms with Crippen molar-refractivity contribution in [2.75, 3.05) is 17.3 Å². The van der Waals surface area contributed by atoms with Gasteiger partial charge in [-0.15, -0.1) is 10.2 Å². The van der Waals surface area contributed by atoms with Gasteiger partial charge in [0.05, 0.1) is 0 Å². The van der Waals surface area contributed by atoms with Crippen molar-refractivity contribution in [1.29, 1.82) is 0 Å². The van der Waals surface area contributed by atoms with Crippen molar-refractivity contribution in [3.8, 4) is 0 Å². The fourth-order valence-electron chi connectivity index (χ4n) is 2.18. The molecule has 6 heteroatoms. The quantitative estimate of drug-likeness (QED) is 0.783. The molecule has 0 bridgehead atoms. The Labute approximate surface area is 140 Å². The van der Waals surface area contributed by atoms with Gasteiger partial charge in [0, 0.05) is 31.7 Å². The van der Waals surface area contributed by atoms with Crippen LogP contribution in [0.4, 0.5) is 11.5 Å². The maximum atomic E-state index is 12.4. The van der Waals surface area contributed by atoms with Crippen molar-refractivity contribution in [2.24, 2.45) is 0 Å². The van der Waals surface area contributed by atoms with Gasteiger partial charge in [0.2, 0.25) is 0 Å². The molecule has 0 atom stereocenters. The average molecular weight is 319 g/mol. The van der Waals surface area contributed by atoms with E-state index in [1.165, 1.54) is 0 Å². The smallest absolute Gasteiger partial charge is 0.278 e. The van der Waals surface area contributed by atoms with E-state index in [2.05, 4.69) is 20.5 Å². The monoisotopic (exact) mass is 319 g/mol. The number of benzene rings is 1. The molecule has 0 aliphatic heterocycles. The normalized spacial score (nSPS) is 10.2. The van der Waals surface area contributed by atoms with E-state index in [1.807, 2.05) is 42.5 Å². The van der Waals surface area contributed by atoms with Crippen LogP contribution < -0.4 is 10.2 Å². The molecule has 0 saturated heterocycles. The highest BCUT2D eigenvalue weighted by molar-refractivity contribution is 6.04. The number of rotatable bonds is 5. The predicted octanol–water partition coefficient (Wildman–Crippen LogP) is 2.76. The molecule has 2 aromatic heterocycles. The van der Waals surface area contributed by atoms with Gasteiger partial charge in [-0.2, -0.15) is 0 Å². The van der Waals surface area contributed by atoms with Gasteiger partial charge in [0.1, 0.15) is 5.82 Å². The van der Waals surface area contributed by atoms with Crippen molar-refractivity contribution >= 4 is 17.4 Å². The number of hydrogen-bond acceptors (Lipinski definition) is 5. The fraction of sp³-hybridized carbons (Fsp3) is 0.111. The minimum atomic E-state index is -0.201. The maximum absolute atomic E-state index is 12.4. The van der Waals surface area contributed by atoms with Crippen LogP contribution in [-0.4, -0.2) is 28.1 Å². The third kappa shape index (κ3) is 3.73. The Morgan fingerprint density at radius 3 is 2.54 bits per heavy atom. The van der Waals surface area contributed by atoms with Crippen molar-refractivity contribution in [3.63, 3.8) is 0 Å². The van der Waals surface area contributed by atoms with Crippen molar-refractivity contribution < 1.29 is 4.79 Å². The summed E-state index contributed by atoms with van der Waals surface area (Å²) in [6, 6.07) is 16.7. The van der Waals surface area contributed by atoms with Gasteiger partial charge >= 0.3 is 0 Å². The van der Waals surface area contributed by atoms with Crippen LogP contribution in [0.2, 0.25) is 0 Å². The van der Waals surface area contributed by atoms with E-state index in [-0.39, 0.29) is 5.91 Å². The molecule has 0 saturated carbocycles. The Morgan fingerprint density at radius 1 is 1.04 bits per heavy atom. The van der Waals surface area contributed by atoms with Crippen molar-refractivity contribution in [1.82, 2.24) is 15.2 Å². The number of anilines is 2. The summed E-state index contributed by atoms with van der Waals surface area (Å²) in [6.45, 7) is 0.597. The van der Waals surface area contributed by atoms with Crippen LogP contribution in [0.5, 0.6) is 0 Å². The van der Waals surface area contributed by atoms with Crippen molar-refractivity contribution in [3.05, 3.63) is 78.2 Å². The largest absolute Gasteiger partial charge is 0.364 e. The Hall–Kier alpha value is -3.28. The van der Waals surface area contributed by atoms with Crippen LogP contribution in [0.25, 0.3) is 0 Å². The number of nitrogens with one attached hydrogen (secondary N) is 1. The molecule has 1 amide bonds. The molecular formula is C18H17N5O. The number of para-hydroxylation sites is 1. The number of pyridine rings is 1. The second kappa shape index (κ2) is 7.32. The Balaban J connectivity index is 1.64. The summed E-state index contributed by atoms with van der Waals surface area (Å²) in [5, 5.41) is 11.2. The number of carbonyl (C=O) groups is 1. The SMILES string of the molecule is CN(C(=O)c1ccc(NCc2cccnc2)nn1)c1ccccc1. The molecule has 3 rings (SSSR count). The summed E-state index contributed by atoms with van der Waals surface area (Å²) < 4.78 is 0. The number of nitrogens with zero attached hydrogens (tertiary/aromatic N) is 4. The van der Waals surface area contributed by atoms with Gasteiger partial charge in [-0.3, -0.25) is 9.78 Å². The highest BCUT2D eigenvalue weighted by atomic mass is 16.2. The number of carbonyl (C=O) groups excluding carboxylic acids is 1. The molecule has 0 aliphatic carbocycles. The van der Waals surface area contributed by atoms with E-state index in [9.17, 15) is 4.79 Å². The Bertz CT molecular complexity index is 791. The van der Waals surface area contributed by atoms with Gasteiger partial charge in [-0.1, -0.05) is 24.3 Å². The standard InChI is InChI=1S/C18H17N5O/c1-23(15-7-3-2-4-8-15)18(24)16-9-10-17(22-21-16)20-13-14-6-5-11-19-12-14/h2-12H,13H2,1H3,(H,20,22). The first-order valence-corrected chi connectivity index (χ1v) is 7.53. The molecule has 0 aliphatic rings. The topological polar surface area (TPSA) is 71.0 Å². The van der Waals surface area contributed by atoms with Crippen LogP contribution in [0.15, 0.2) is 67.0 Å². The zero-order valence-corrected chi connectivity index (χ0v) is 13.3. The Morgan fingerprint density at radius 2 is 1.88 bits per heavy atom. The van der Waals surface area contributed by atoms with Crippen LogP contribution in [-0.2, 0) is 6.54 Å². The lowest BCUT2D eigenvalue weighted by atomic mass is 10.2. The van der Waals surface area contributed by atoms with Crippen LogP contribution >= 0.6 is 0 Å². The predicted molar refractivity (Wildman–Crippen MR) is 92.8 cm³/mol. The molecule has 1 aromatic carbocycles. The third-order valence-electron chi connectivity index (χ3n) is 3.53. The molecule has 0 radical (unpaired) electrons. The van der Waals surface area contributed by atoms with Crippen molar-refractivity contribution in [2.45, 2.75) is 6.54 Å². The van der Waals surface area contributed by atoms with E-state index in [4.69, 9.17) is 0 Å². The first kappa shape index (κ1) is 15.6. The molecule has 0 unspecified atom stereocenters. The summed E-state index contributed by atoms with van der Waals surface area (Å²) in [5.41, 5.74) is 2.15. The average Bonchev–Trinajstić information content (AvgIpc) is 2.67. The zero-order chi connectivity index (χ0) is 16.8. The fourth-order valence-corrected chi connectivity index (χ4v) is 2.18. The van der Waals surface area contributed by atoms with Crippen LogP contribution in [0, 0.1) is 0 Å². The molecule has 24 heavy (non-hydrogen) atoms. The van der Waals surface area contributed by atoms with E-state index in [0.717, 1.165) is 11.3 Å². The summed E-state index contributed by atoms with van der Waals surface area (Å²) in [5.74, 6) is 0.408. The van der Waals surface area contributed by atoms with Crippen LogP contribution in [0.3, 0.4) is 0 Å². The second-order valence-electron chi connectivity index (χ2n) is 5.22. The molecular weight excluding hydrogens is 302 g/mol. The molecule has 3 aromatic rings. The molecule has 6 nitrogen and oxygen atoms in total. The minimum Gasteiger partial charge on any atom is -0.364 e. The lowest BCUT2D eigenvalue weighted by Gasteiger charge is -2.16. The maximum Gasteiger partial charge on any atom is 0.278 e. The number of aromatic nitrogens is 3. The summed E-state index contributed by atoms with van der Waals surface area (Å²) in [4.78, 5) is 18.0. The van der Waals surface area contributed by atoms with E-state index in [1.54, 1.807) is 36.5 Å². The van der Waals surface area contributed by atoms with Gasteiger partial charge in [0.25, 0.3) is 5.91 Å². The minimum absolute atomic E-state index is 0.201. The van der Waals surface area contributed by atoms with Gasteiger partial charge in [-0.05, 0) is 35.9 Å². The molecule has 2 heterocycles. The lowest BCUT2D eigenvalue weighted by Crippen LogP contribution is -2.27. The lowest BCUT2D eigenvalue weighted by molar-refractivity contribution is 0.0987. The second-order valence-corrected chi connectivity index (χ2v) is 5.22. The first-order chi connectivity index (χ1) is 11.7. The Kier molecular flexibility index (Phi) is 4.76. The number of amides is 1. The van der Waals surface area contributed by atoms with Gasteiger partial charge < -0.3 is 10.2 Å². The van der Waals surface area contributed by atoms with E-state index >= 15 is 0 Å². The van der Waals surface area contributed by atoms with Gasteiger partial charge in [-0.25, -0.2) is 0 Å². The molecule has 1 N–H and O–H groups in total. The van der Waals surface area contributed by atoms with Crippen LogP contribution in [0.1, 0.15) is 16.1 Å². The highest BCUT2D eigenvalue weighted by Gasteiger charge is 2.15. The third-order valence-corrected chi connectivity index (χ3v) is 3.53. The molecule has 0 fully saturated rings.